The van der Waals surface area contributed by atoms with Crippen LogP contribution >= 0.6 is 0 Å². The number of benzene rings is 1. The number of nitrogens with one attached hydrogen (secondary N) is 3. The van der Waals surface area contributed by atoms with E-state index >= 15 is 0 Å². The summed E-state index contributed by atoms with van der Waals surface area (Å²) in [7, 11) is -3.90. The van der Waals surface area contributed by atoms with Crippen molar-refractivity contribution in [3.05, 3.63) is 42.6 Å². The van der Waals surface area contributed by atoms with Gasteiger partial charge in [-0.3, -0.25) is 19.1 Å². The molecule has 6 rings (SSSR count). The normalized spacial score (nSPS) is 24.9. The van der Waals surface area contributed by atoms with Crippen LogP contribution in [0.5, 0.6) is 11.6 Å². The van der Waals surface area contributed by atoms with E-state index in [0.29, 0.717) is 42.9 Å². The molecule has 1 unspecified atom stereocenters. The molecule has 3 N–H and O–H groups in total. The Labute approximate surface area is 298 Å². The molecule has 14 nitrogen and oxygen atoms in total. The van der Waals surface area contributed by atoms with Gasteiger partial charge in [-0.05, 0) is 51.5 Å². The maximum atomic E-state index is 14.5. The molecule has 0 spiro atoms. The molecule has 2 saturated carbocycles. The lowest BCUT2D eigenvalue weighted by Crippen LogP contribution is -2.60. The van der Waals surface area contributed by atoms with Gasteiger partial charge in [-0.25, -0.2) is 18.2 Å². The van der Waals surface area contributed by atoms with E-state index in [1.807, 2.05) is 24.3 Å². The topological polar surface area (TPSA) is 182 Å². The van der Waals surface area contributed by atoms with Crippen molar-refractivity contribution in [1.29, 1.82) is 0 Å². The molecule has 4 aliphatic rings. The molecule has 5 atom stereocenters. The van der Waals surface area contributed by atoms with Gasteiger partial charge in [-0.2, -0.15) is 0 Å². The minimum atomic E-state index is -3.90. The second kappa shape index (κ2) is 13.0. The third kappa shape index (κ3) is 7.49. The quantitative estimate of drug-likeness (QED) is 0.308. The smallest absolute Gasteiger partial charge is 0.408 e. The highest BCUT2D eigenvalue weighted by Crippen LogP contribution is 2.46. The molecule has 1 saturated heterocycles. The molecule has 276 valence electrons. The number of nitrogens with zero attached hydrogens (tertiary/aromatic N) is 2. The average molecular weight is 726 g/mol. The number of ether oxygens (including phenoxy) is 3. The number of pyridine rings is 1. The van der Waals surface area contributed by atoms with Gasteiger partial charge < -0.3 is 29.7 Å². The van der Waals surface area contributed by atoms with Crippen molar-refractivity contribution in [2.45, 2.75) is 108 Å². The zero-order chi connectivity index (χ0) is 37.1. The molecular formula is C36H47N5O9S. The van der Waals surface area contributed by atoms with E-state index < -0.39 is 79.7 Å². The highest BCUT2D eigenvalue weighted by molar-refractivity contribution is 7.91. The third-order valence-corrected chi connectivity index (χ3v) is 11.5. The first-order chi connectivity index (χ1) is 23.8. The second-order valence-electron chi connectivity index (χ2n) is 15.9. The number of carbonyl (C=O) groups excluding carboxylic acids is 4. The number of carbonyl (C=O) groups is 4. The van der Waals surface area contributed by atoms with Crippen LogP contribution in [0.15, 0.2) is 36.9 Å². The summed E-state index contributed by atoms with van der Waals surface area (Å²) >= 11 is 0. The lowest BCUT2D eigenvalue weighted by atomic mass is 9.85. The summed E-state index contributed by atoms with van der Waals surface area (Å²) < 4.78 is 45.3. The van der Waals surface area contributed by atoms with Gasteiger partial charge in [0.15, 0.2) is 0 Å². The number of hydrogen-bond donors (Lipinski definition) is 3. The predicted molar refractivity (Wildman–Crippen MR) is 187 cm³/mol. The molecule has 2 aliphatic carbocycles. The summed E-state index contributed by atoms with van der Waals surface area (Å²) in [4.78, 5) is 61.3. The van der Waals surface area contributed by atoms with Gasteiger partial charge in [-0.15, -0.1) is 6.58 Å². The second-order valence-corrected chi connectivity index (χ2v) is 17.9. The van der Waals surface area contributed by atoms with Crippen LogP contribution in [0.25, 0.3) is 10.8 Å². The summed E-state index contributed by atoms with van der Waals surface area (Å²) in [5.41, 5.74) is -2.44. The Balaban J connectivity index is 1.30. The molecule has 2 aliphatic heterocycles. The lowest BCUT2D eigenvalue weighted by molar-refractivity contribution is -0.143. The molecule has 51 heavy (non-hydrogen) atoms. The van der Waals surface area contributed by atoms with Gasteiger partial charge in [0.25, 0.3) is 5.91 Å². The van der Waals surface area contributed by atoms with Crippen molar-refractivity contribution in [3.63, 3.8) is 0 Å². The molecule has 3 fully saturated rings. The zero-order valence-electron chi connectivity index (χ0n) is 29.9. The molecule has 1 aromatic heterocycles. The molecule has 4 amide bonds. The summed E-state index contributed by atoms with van der Waals surface area (Å²) in [6.45, 7) is 14.7. The van der Waals surface area contributed by atoms with Crippen molar-refractivity contribution < 1.29 is 41.8 Å². The Morgan fingerprint density at radius 1 is 1.10 bits per heavy atom. The van der Waals surface area contributed by atoms with Gasteiger partial charge in [0.1, 0.15) is 35.1 Å². The number of fused-ring (bicyclic) bond motifs is 3. The van der Waals surface area contributed by atoms with Crippen LogP contribution in [0.3, 0.4) is 0 Å². The Kier molecular flexibility index (Phi) is 9.26. The largest absolute Gasteiger partial charge is 0.491 e. The average Bonchev–Trinajstić information content (AvgIpc) is 3.92. The number of alkyl carbamates (subject to hydrolysis) is 1. The first kappa shape index (κ1) is 36.4. The highest BCUT2D eigenvalue weighted by atomic mass is 32.2. The van der Waals surface area contributed by atoms with Crippen molar-refractivity contribution in [3.8, 4) is 11.6 Å². The summed E-state index contributed by atoms with van der Waals surface area (Å²) in [5.74, 6) is -1.54. The molecule has 1 aromatic carbocycles. The zero-order valence-corrected chi connectivity index (χ0v) is 30.7. The number of hydrogen-bond acceptors (Lipinski definition) is 10. The highest BCUT2D eigenvalue weighted by Gasteiger charge is 2.62. The molecule has 2 aromatic rings. The van der Waals surface area contributed by atoms with Crippen molar-refractivity contribution >= 4 is 44.6 Å². The van der Waals surface area contributed by atoms with Crippen LogP contribution in [-0.4, -0.2) is 89.8 Å². The van der Waals surface area contributed by atoms with E-state index in [1.54, 1.807) is 41.5 Å². The fourth-order valence-corrected chi connectivity index (χ4v) is 8.08. The van der Waals surface area contributed by atoms with Crippen LogP contribution in [-0.2, 0) is 35.6 Å². The third-order valence-electron chi connectivity index (χ3n) is 9.64. The van der Waals surface area contributed by atoms with Crippen LogP contribution < -0.4 is 24.8 Å². The van der Waals surface area contributed by atoms with Crippen molar-refractivity contribution in [2.24, 2.45) is 11.3 Å². The number of amides is 4. The van der Waals surface area contributed by atoms with E-state index in [9.17, 15) is 27.6 Å². The monoisotopic (exact) mass is 725 g/mol. The van der Waals surface area contributed by atoms with E-state index in [-0.39, 0.29) is 19.4 Å². The van der Waals surface area contributed by atoms with Gasteiger partial charge in [0.05, 0.1) is 24.1 Å². The summed E-state index contributed by atoms with van der Waals surface area (Å²) in [6, 6.07) is 5.28. The Hall–Kier alpha value is -4.40. The van der Waals surface area contributed by atoms with Crippen LogP contribution in [0.2, 0.25) is 0 Å². The molecule has 0 radical (unpaired) electrons. The van der Waals surface area contributed by atoms with E-state index in [1.165, 1.54) is 11.0 Å². The van der Waals surface area contributed by atoms with Crippen LogP contribution in [0, 0.1) is 11.3 Å². The fraction of sp³-hybridized carbons (Fsp3) is 0.583. The fourth-order valence-electron chi connectivity index (χ4n) is 6.72. The number of aromatic nitrogens is 1. The Bertz CT molecular complexity index is 1880. The van der Waals surface area contributed by atoms with Gasteiger partial charge >= 0.3 is 6.09 Å². The van der Waals surface area contributed by atoms with E-state index in [2.05, 4.69) is 21.9 Å². The maximum Gasteiger partial charge on any atom is 0.408 e. The summed E-state index contributed by atoms with van der Waals surface area (Å²) in [5, 5.41) is 6.41. The summed E-state index contributed by atoms with van der Waals surface area (Å²) in [6.07, 6.45) is 1.69. The van der Waals surface area contributed by atoms with Gasteiger partial charge in [-0.1, -0.05) is 45.0 Å². The standard InChI is InChI=1S/C36H47N5O9S/c1-8-20-18-36(20,32(44)40-51(46,47)22-13-14-22)39-29(42)26-17-21(49-30-24-12-10-9-11-23(24)27-25(37-30)15-16-48-27)19-41(26)31(43)28(34(2,3)4)38-33(45)50-35(5,6)7/h8-12,20-22,26,28H,1,13-19H2,2-7H3,(H,38,45)(H,39,42)(H,40,44)/t20?,21-,26+,28-,36-/m1/s1. The molecule has 0 bridgehead atoms. The predicted octanol–water partition coefficient (Wildman–Crippen LogP) is 3.13. The minimum absolute atomic E-state index is 0.0291. The van der Waals surface area contributed by atoms with Crippen molar-refractivity contribution in [1.82, 2.24) is 25.2 Å². The molecule has 3 heterocycles. The van der Waals surface area contributed by atoms with Crippen molar-refractivity contribution in [2.75, 3.05) is 13.2 Å². The first-order valence-corrected chi connectivity index (χ1v) is 18.9. The van der Waals surface area contributed by atoms with Crippen LogP contribution in [0.1, 0.15) is 72.9 Å². The Morgan fingerprint density at radius 2 is 1.78 bits per heavy atom. The number of likely N-dealkylation sites (tertiary alicyclic amines) is 1. The molecule has 15 heteroatoms. The molecular weight excluding hydrogens is 678 g/mol. The number of sulfonamides is 1. The Morgan fingerprint density at radius 3 is 2.39 bits per heavy atom. The lowest BCUT2D eigenvalue weighted by Gasteiger charge is -2.36. The number of rotatable bonds is 10. The maximum absolute atomic E-state index is 14.5. The van der Waals surface area contributed by atoms with E-state index in [4.69, 9.17) is 19.2 Å². The first-order valence-electron chi connectivity index (χ1n) is 17.3. The van der Waals surface area contributed by atoms with Gasteiger partial charge in [0.2, 0.25) is 27.7 Å². The van der Waals surface area contributed by atoms with E-state index in [0.717, 1.165) is 11.1 Å². The SMILES string of the molecule is C=CC1C[C@]1(NC(=O)[C@@H]1C[C@@H](Oc2nc3c(c4ccccc24)OCC3)CN1C(=O)[C@@H](NC(=O)OC(C)(C)C)C(C)(C)C)C(=O)NS(=O)(=O)C1CC1. The van der Waals surface area contributed by atoms with Crippen LogP contribution in [0.4, 0.5) is 4.79 Å². The van der Waals surface area contributed by atoms with Gasteiger partial charge in [0, 0.05) is 29.5 Å². The minimum Gasteiger partial charge on any atom is -0.491 e.